The second-order valence-corrected chi connectivity index (χ2v) is 6.93. The molecule has 0 aromatic heterocycles. The first-order valence-corrected chi connectivity index (χ1v) is 8.38. The second-order valence-electron chi connectivity index (χ2n) is 4.92. The summed E-state index contributed by atoms with van der Waals surface area (Å²) in [7, 11) is 0. The highest BCUT2D eigenvalue weighted by molar-refractivity contribution is 9.10. The molecule has 0 bridgehead atoms. The Hall–Kier alpha value is -0.400. The summed E-state index contributed by atoms with van der Waals surface area (Å²) >= 11 is 3.39. The van der Waals surface area contributed by atoms with E-state index in [0.717, 1.165) is 16.6 Å². The molecule has 1 aromatic rings. The molecule has 0 aliphatic rings. The molecule has 0 amide bonds. The van der Waals surface area contributed by atoms with Gasteiger partial charge in [0.15, 0.2) is 0 Å². The first-order valence-electron chi connectivity index (χ1n) is 6.60. The monoisotopic (exact) mass is 385 g/mol. The normalized spacial score (nSPS) is 12.0. The van der Waals surface area contributed by atoms with Crippen LogP contribution in [0.5, 0.6) is 5.75 Å². The number of ether oxygens (including phenoxy) is 1. The van der Waals surface area contributed by atoms with Gasteiger partial charge in [-0.1, -0.05) is 29.8 Å². The van der Waals surface area contributed by atoms with Crippen molar-refractivity contribution in [1.82, 2.24) is 5.32 Å². The summed E-state index contributed by atoms with van der Waals surface area (Å²) in [6.45, 7) is 5.87. The fourth-order valence-electron chi connectivity index (χ4n) is 1.59. The number of thioether (sulfide) groups is 1. The van der Waals surface area contributed by atoms with Crippen LogP contribution in [-0.4, -0.2) is 24.4 Å². The number of halogens is 4. The molecule has 1 aromatic carbocycles. The third kappa shape index (κ3) is 8.58. The lowest BCUT2D eigenvalue weighted by Gasteiger charge is -2.12. The van der Waals surface area contributed by atoms with Gasteiger partial charge in [-0.25, -0.2) is 0 Å². The third-order valence-electron chi connectivity index (χ3n) is 2.50. The van der Waals surface area contributed by atoms with E-state index in [9.17, 15) is 13.2 Å². The SMILES string of the molecule is CC(C)CNCc1cc(OCCSC(F)(F)F)ccc1Br. The van der Waals surface area contributed by atoms with Crippen molar-refractivity contribution in [3.8, 4) is 5.75 Å². The van der Waals surface area contributed by atoms with Gasteiger partial charge in [0.25, 0.3) is 0 Å². The topological polar surface area (TPSA) is 21.3 Å². The van der Waals surface area contributed by atoms with Gasteiger partial charge < -0.3 is 10.1 Å². The van der Waals surface area contributed by atoms with Crippen LogP contribution in [0, 0.1) is 5.92 Å². The number of benzene rings is 1. The zero-order valence-electron chi connectivity index (χ0n) is 12.0. The predicted molar refractivity (Wildman–Crippen MR) is 84.7 cm³/mol. The Morgan fingerprint density at radius 2 is 2.05 bits per heavy atom. The van der Waals surface area contributed by atoms with Crippen LogP contribution in [-0.2, 0) is 6.54 Å². The minimum atomic E-state index is -4.20. The summed E-state index contributed by atoms with van der Waals surface area (Å²) in [5.74, 6) is 1.03. The van der Waals surface area contributed by atoms with Crippen LogP contribution < -0.4 is 10.1 Å². The first-order chi connectivity index (χ1) is 9.78. The summed E-state index contributed by atoms with van der Waals surface area (Å²) in [6, 6.07) is 5.43. The van der Waals surface area contributed by atoms with Crippen LogP contribution in [0.4, 0.5) is 13.2 Å². The van der Waals surface area contributed by atoms with E-state index in [0.29, 0.717) is 18.2 Å². The highest BCUT2D eigenvalue weighted by atomic mass is 79.9. The molecule has 1 N–H and O–H groups in total. The molecule has 1 rings (SSSR count). The standard InChI is InChI=1S/C14H19BrF3NOS/c1-10(2)8-19-9-11-7-12(3-4-13(11)15)20-5-6-21-14(16,17)18/h3-4,7,10,19H,5-6,8-9H2,1-2H3. The lowest BCUT2D eigenvalue weighted by molar-refractivity contribution is -0.0329. The van der Waals surface area contributed by atoms with E-state index in [4.69, 9.17) is 4.74 Å². The Morgan fingerprint density at radius 3 is 2.67 bits per heavy atom. The summed E-state index contributed by atoms with van der Waals surface area (Å²) in [6.07, 6.45) is 0. The summed E-state index contributed by atoms with van der Waals surface area (Å²) in [5, 5.41) is 3.32. The van der Waals surface area contributed by atoms with E-state index >= 15 is 0 Å². The van der Waals surface area contributed by atoms with E-state index in [-0.39, 0.29) is 24.1 Å². The summed E-state index contributed by atoms with van der Waals surface area (Å²) < 4.78 is 42.3. The molecule has 0 radical (unpaired) electrons. The Balaban J connectivity index is 2.45. The van der Waals surface area contributed by atoms with Crippen molar-refractivity contribution in [2.75, 3.05) is 18.9 Å². The van der Waals surface area contributed by atoms with Crippen LogP contribution in [0.3, 0.4) is 0 Å². The van der Waals surface area contributed by atoms with Gasteiger partial charge in [-0.05, 0) is 48.0 Å². The highest BCUT2D eigenvalue weighted by Crippen LogP contribution is 2.30. The number of hydrogen-bond acceptors (Lipinski definition) is 3. The molecule has 120 valence electrons. The van der Waals surface area contributed by atoms with E-state index in [1.807, 2.05) is 12.1 Å². The molecule has 0 heterocycles. The van der Waals surface area contributed by atoms with Gasteiger partial charge in [0.2, 0.25) is 0 Å². The third-order valence-corrected chi connectivity index (χ3v) is 3.97. The van der Waals surface area contributed by atoms with Gasteiger partial charge in [0.05, 0.1) is 6.61 Å². The molecule has 0 fully saturated rings. The maximum atomic E-state index is 12.0. The van der Waals surface area contributed by atoms with E-state index in [1.165, 1.54) is 0 Å². The minimum Gasteiger partial charge on any atom is -0.493 e. The van der Waals surface area contributed by atoms with Gasteiger partial charge >= 0.3 is 5.51 Å². The minimum absolute atomic E-state index is 0.0324. The van der Waals surface area contributed by atoms with E-state index in [1.54, 1.807) is 6.07 Å². The van der Waals surface area contributed by atoms with Crippen molar-refractivity contribution in [2.45, 2.75) is 25.9 Å². The molecule has 0 aliphatic heterocycles. The molecule has 2 nitrogen and oxygen atoms in total. The average Bonchev–Trinajstić information content (AvgIpc) is 2.36. The molecule has 0 spiro atoms. The first kappa shape index (κ1) is 18.6. The zero-order chi connectivity index (χ0) is 15.9. The molecule has 7 heteroatoms. The van der Waals surface area contributed by atoms with Crippen molar-refractivity contribution in [3.05, 3.63) is 28.2 Å². The van der Waals surface area contributed by atoms with Gasteiger partial charge in [-0.2, -0.15) is 13.2 Å². The van der Waals surface area contributed by atoms with Crippen LogP contribution >= 0.6 is 27.7 Å². The number of nitrogens with one attached hydrogen (secondary N) is 1. The molecule has 0 saturated heterocycles. The molecule has 0 aliphatic carbocycles. The Bertz CT molecular complexity index is 441. The average molecular weight is 386 g/mol. The van der Waals surface area contributed by atoms with Gasteiger partial charge in [0.1, 0.15) is 5.75 Å². The fourth-order valence-corrected chi connectivity index (χ4v) is 2.37. The van der Waals surface area contributed by atoms with Gasteiger partial charge in [-0.15, -0.1) is 0 Å². The molecule has 0 unspecified atom stereocenters. The lowest BCUT2D eigenvalue weighted by Crippen LogP contribution is -2.19. The predicted octanol–water partition coefficient (Wildman–Crippen LogP) is 4.83. The van der Waals surface area contributed by atoms with Crippen molar-refractivity contribution in [2.24, 2.45) is 5.92 Å². The molecule has 0 atom stereocenters. The number of hydrogen-bond donors (Lipinski definition) is 1. The van der Waals surface area contributed by atoms with Crippen LogP contribution in [0.2, 0.25) is 0 Å². The van der Waals surface area contributed by atoms with Crippen LogP contribution in [0.1, 0.15) is 19.4 Å². The van der Waals surface area contributed by atoms with E-state index < -0.39 is 5.51 Å². The molecule has 21 heavy (non-hydrogen) atoms. The molecule has 0 saturated carbocycles. The van der Waals surface area contributed by atoms with Crippen molar-refractivity contribution < 1.29 is 17.9 Å². The van der Waals surface area contributed by atoms with Crippen LogP contribution in [0.25, 0.3) is 0 Å². The maximum Gasteiger partial charge on any atom is 0.441 e. The summed E-state index contributed by atoms with van der Waals surface area (Å²) in [5.41, 5.74) is -3.17. The Morgan fingerprint density at radius 1 is 1.33 bits per heavy atom. The highest BCUT2D eigenvalue weighted by Gasteiger charge is 2.27. The summed E-state index contributed by atoms with van der Waals surface area (Å²) in [4.78, 5) is 0. The quantitative estimate of drug-likeness (QED) is 0.647. The lowest BCUT2D eigenvalue weighted by atomic mass is 10.2. The smallest absolute Gasteiger partial charge is 0.441 e. The van der Waals surface area contributed by atoms with Crippen molar-refractivity contribution >= 4 is 27.7 Å². The zero-order valence-corrected chi connectivity index (χ0v) is 14.4. The van der Waals surface area contributed by atoms with E-state index in [2.05, 4.69) is 35.1 Å². The molecular formula is C14H19BrF3NOS. The Labute approximate surface area is 136 Å². The number of alkyl halides is 3. The second kappa shape index (κ2) is 8.90. The Kier molecular flexibility index (Phi) is 7.90. The van der Waals surface area contributed by atoms with Crippen molar-refractivity contribution in [1.29, 1.82) is 0 Å². The van der Waals surface area contributed by atoms with Crippen LogP contribution in [0.15, 0.2) is 22.7 Å². The van der Waals surface area contributed by atoms with Crippen molar-refractivity contribution in [3.63, 3.8) is 0 Å². The fraction of sp³-hybridized carbons (Fsp3) is 0.571. The molecular weight excluding hydrogens is 367 g/mol. The number of rotatable bonds is 8. The maximum absolute atomic E-state index is 12.0. The largest absolute Gasteiger partial charge is 0.493 e. The van der Waals surface area contributed by atoms with Gasteiger partial charge in [0, 0.05) is 16.8 Å². The van der Waals surface area contributed by atoms with Gasteiger partial charge in [-0.3, -0.25) is 0 Å².